The van der Waals surface area contributed by atoms with Crippen molar-refractivity contribution in [2.24, 2.45) is 0 Å². The molecule has 1 atom stereocenters. The smallest absolute Gasteiger partial charge is 0.296 e. The van der Waals surface area contributed by atoms with Crippen LogP contribution in [-0.4, -0.2) is 26.7 Å². The third kappa shape index (κ3) is 3.68. The van der Waals surface area contributed by atoms with Gasteiger partial charge in [-0.05, 0) is 55.7 Å². The number of Topliss-reactive ketones (excluding diaryl/α,β-unsaturated/α-hetero) is 1. The Morgan fingerprint density at radius 2 is 1.94 bits per heavy atom. The minimum Gasteiger partial charge on any atom is -0.503 e. The number of hydrogen-bond donors (Lipinski definition) is 1. The Labute approximate surface area is 203 Å². The van der Waals surface area contributed by atoms with Crippen molar-refractivity contribution in [3.8, 4) is 0 Å². The number of aryl methyl sites for hydroxylation is 3. The number of nitro groups is 1. The first-order valence-electron chi connectivity index (χ1n) is 10.7. The molecular formula is C25H19N3O6S. The Morgan fingerprint density at radius 1 is 1.17 bits per heavy atom. The third-order valence-electron chi connectivity index (χ3n) is 5.84. The van der Waals surface area contributed by atoms with E-state index in [2.05, 4.69) is 4.98 Å². The highest BCUT2D eigenvalue weighted by atomic mass is 32.1. The van der Waals surface area contributed by atoms with Gasteiger partial charge in [0.25, 0.3) is 11.6 Å². The van der Waals surface area contributed by atoms with Crippen LogP contribution in [0.3, 0.4) is 0 Å². The molecule has 1 aliphatic rings. The van der Waals surface area contributed by atoms with Gasteiger partial charge in [0.1, 0.15) is 5.76 Å². The zero-order chi connectivity index (χ0) is 25.0. The van der Waals surface area contributed by atoms with Crippen LogP contribution in [-0.2, 0) is 4.79 Å². The van der Waals surface area contributed by atoms with Crippen LogP contribution in [0.1, 0.15) is 39.0 Å². The summed E-state index contributed by atoms with van der Waals surface area (Å²) in [5, 5.41) is 22.6. The molecule has 0 fully saturated rings. The number of amides is 1. The highest BCUT2D eigenvalue weighted by Gasteiger charge is 2.47. The van der Waals surface area contributed by atoms with Crippen molar-refractivity contribution in [2.75, 3.05) is 4.90 Å². The number of aliphatic hydroxyl groups excluding tert-OH is 1. The van der Waals surface area contributed by atoms with Crippen LogP contribution >= 0.6 is 11.3 Å². The van der Waals surface area contributed by atoms with Crippen molar-refractivity contribution < 1.29 is 24.0 Å². The van der Waals surface area contributed by atoms with Crippen molar-refractivity contribution in [2.45, 2.75) is 26.8 Å². The Kier molecular flexibility index (Phi) is 5.25. The van der Waals surface area contributed by atoms with E-state index >= 15 is 0 Å². The molecule has 0 saturated carbocycles. The number of anilines is 1. The SMILES string of the molecule is Cc1cc(C)c2nc(N3C(=O)C(O)=C(C(=O)c4ccc(C)o4)[C@@H]3c3cccc([N+](=O)[O-])c3)sc2c1. The van der Waals surface area contributed by atoms with Gasteiger partial charge in [-0.1, -0.05) is 29.5 Å². The minimum absolute atomic E-state index is 0.0510. The number of non-ortho nitro benzene ring substituents is 1. The number of rotatable bonds is 5. The summed E-state index contributed by atoms with van der Waals surface area (Å²) in [4.78, 5) is 43.5. The molecule has 0 unspecified atom stereocenters. The Morgan fingerprint density at radius 3 is 2.63 bits per heavy atom. The number of hydrogen-bond acceptors (Lipinski definition) is 8. The Bertz CT molecular complexity index is 1580. The summed E-state index contributed by atoms with van der Waals surface area (Å²) in [5.74, 6) is -1.81. The number of aromatic nitrogens is 1. The maximum absolute atomic E-state index is 13.4. The van der Waals surface area contributed by atoms with Crippen LogP contribution in [0.2, 0.25) is 0 Å². The molecule has 9 nitrogen and oxygen atoms in total. The average molecular weight is 490 g/mol. The lowest BCUT2D eigenvalue weighted by molar-refractivity contribution is -0.384. The van der Waals surface area contributed by atoms with Crippen molar-refractivity contribution in [1.29, 1.82) is 0 Å². The number of ketones is 1. The van der Waals surface area contributed by atoms with Crippen LogP contribution in [0.15, 0.2) is 64.3 Å². The van der Waals surface area contributed by atoms with Gasteiger partial charge < -0.3 is 9.52 Å². The van der Waals surface area contributed by atoms with Gasteiger partial charge in [-0.15, -0.1) is 0 Å². The van der Waals surface area contributed by atoms with Crippen LogP contribution < -0.4 is 4.90 Å². The number of thiazole rings is 1. The Hall–Kier alpha value is -4.31. The van der Waals surface area contributed by atoms with Crippen LogP contribution in [0.5, 0.6) is 0 Å². The van der Waals surface area contributed by atoms with E-state index in [0.29, 0.717) is 11.3 Å². The summed E-state index contributed by atoms with van der Waals surface area (Å²) in [6.07, 6.45) is 0. The van der Waals surface area contributed by atoms with Crippen LogP contribution in [0.4, 0.5) is 10.8 Å². The second-order valence-electron chi connectivity index (χ2n) is 8.36. The molecule has 2 aromatic heterocycles. The highest BCUT2D eigenvalue weighted by Crippen LogP contribution is 2.45. The largest absolute Gasteiger partial charge is 0.503 e. The van der Waals surface area contributed by atoms with Gasteiger partial charge in [0.2, 0.25) is 5.78 Å². The van der Waals surface area contributed by atoms with Crippen molar-refractivity contribution in [3.63, 3.8) is 0 Å². The first-order valence-corrected chi connectivity index (χ1v) is 11.5. The van der Waals surface area contributed by atoms with Crippen LogP contribution in [0.25, 0.3) is 10.2 Å². The monoisotopic (exact) mass is 489 g/mol. The van der Waals surface area contributed by atoms with Crippen molar-refractivity contribution in [3.05, 3.63) is 98.2 Å². The zero-order valence-corrected chi connectivity index (χ0v) is 19.8. The number of carbonyl (C=O) groups excluding carboxylic acids is 2. The van der Waals surface area contributed by atoms with E-state index in [1.807, 2.05) is 26.0 Å². The van der Waals surface area contributed by atoms with E-state index in [1.54, 1.807) is 19.1 Å². The van der Waals surface area contributed by atoms with E-state index in [9.17, 15) is 24.8 Å². The lowest BCUT2D eigenvalue weighted by Gasteiger charge is -2.24. The maximum atomic E-state index is 13.4. The molecule has 0 aliphatic carbocycles. The maximum Gasteiger partial charge on any atom is 0.296 e. The quantitative estimate of drug-likeness (QED) is 0.223. The molecule has 0 spiro atoms. The van der Waals surface area contributed by atoms with Gasteiger partial charge in [0.15, 0.2) is 16.7 Å². The van der Waals surface area contributed by atoms with E-state index < -0.39 is 28.4 Å². The third-order valence-corrected chi connectivity index (χ3v) is 6.84. The fourth-order valence-electron chi connectivity index (χ4n) is 4.31. The number of fused-ring (bicyclic) bond motifs is 1. The second-order valence-corrected chi connectivity index (χ2v) is 9.37. The van der Waals surface area contributed by atoms with Gasteiger partial charge in [-0.3, -0.25) is 24.6 Å². The average Bonchev–Trinajstić information content (AvgIpc) is 3.50. The molecule has 0 radical (unpaired) electrons. The minimum atomic E-state index is -1.14. The summed E-state index contributed by atoms with van der Waals surface area (Å²) in [7, 11) is 0. The summed E-state index contributed by atoms with van der Waals surface area (Å²) < 4.78 is 6.30. The predicted octanol–water partition coefficient (Wildman–Crippen LogP) is 5.51. The lowest BCUT2D eigenvalue weighted by Crippen LogP contribution is -2.31. The normalized spacial score (nSPS) is 15.9. The zero-order valence-electron chi connectivity index (χ0n) is 18.9. The molecular weight excluding hydrogens is 470 g/mol. The van der Waals surface area contributed by atoms with E-state index in [-0.39, 0.29) is 27.7 Å². The summed E-state index contributed by atoms with van der Waals surface area (Å²) in [6.45, 7) is 5.53. The molecule has 35 heavy (non-hydrogen) atoms. The highest BCUT2D eigenvalue weighted by molar-refractivity contribution is 7.22. The number of nitrogens with zero attached hydrogens (tertiary/aromatic N) is 3. The van der Waals surface area contributed by atoms with Gasteiger partial charge in [-0.25, -0.2) is 4.98 Å². The van der Waals surface area contributed by atoms with E-state index in [0.717, 1.165) is 15.8 Å². The molecule has 3 heterocycles. The second kappa shape index (κ2) is 8.17. The molecule has 1 N–H and O–H groups in total. The first-order chi connectivity index (χ1) is 16.7. The van der Waals surface area contributed by atoms with Gasteiger partial charge in [-0.2, -0.15) is 0 Å². The van der Waals surface area contributed by atoms with Crippen molar-refractivity contribution in [1.82, 2.24) is 4.98 Å². The standard InChI is InChI=1S/C25H19N3O6S/c1-12-9-13(2)20-18(10-12)35-25(26-20)27-21(15-5-4-6-16(11-15)28(32)33)19(23(30)24(27)31)22(29)17-8-7-14(3)34-17/h4-11,21,30H,1-3H3/t21-/m0/s1. The molecule has 5 rings (SSSR count). The number of benzene rings is 2. The van der Waals surface area contributed by atoms with Gasteiger partial charge in [0, 0.05) is 12.1 Å². The topological polar surface area (TPSA) is 127 Å². The van der Waals surface area contributed by atoms with Crippen molar-refractivity contribution >= 4 is 44.1 Å². The first kappa shape index (κ1) is 22.5. The predicted molar refractivity (Wildman–Crippen MR) is 130 cm³/mol. The molecule has 1 aliphatic heterocycles. The Balaban J connectivity index is 1.72. The number of carbonyl (C=O) groups is 2. The molecule has 0 saturated heterocycles. The molecule has 0 bridgehead atoms. The molecule has 176 valence electrons. The molecule has 2 aromatic carbocycles. The van der Waals surface area contributed by atoms with E-state index in [4.69, 9.17) is 4.42 Å². The number of furan rings is 1. The molecule has 1 amide bonds. The fraction of sp³-hybridized carbons (Fsp3) is 0.160. The summed E-state index contributed by atoms with van der Waals surface area (Å²) in [6, 6.07) is 11.5. The molecule has 4 aromatic rings. The molecule has 10 heteroatoms. The van der Waals surface area contributed by atoms with E-state index in [1.165, 1.54) is 40.5 Å². The summed E-state index contributed by atoms with van der Waals surface area (Å²) in [5.41, 5.74) is 2.49. The van der Waals surface area contributed by atoms with Crippen LogP contribution in [0, 0.1) is 30.9 Å². The summed E-state index contributed by atoms with van der Waals surface area (Å²) >= 11 is 1.24. The lowest BCUT2D eigenvalue weighted by atomic mass is 9.95. The number of nitro benzene ring substituents is 1. The fourth-order valence-corrected chi connectivity index (χ4v) is 5.48. The number of aliphatic hydroxyl groups is 1. The van der Waals surface area contributed by atoms with Gasteiger partial charge in [0.05, 0.1) is 26.8 Å². The van der Waals surface area contributed by atoms with Gasteiger partial charge >= 0.3 is 0 Å².